The number of carbonyl (C=O) groups is 1. The highest BCUT2D eigenvalue weighted by molar-refractivity contribution is 6.34. The van der Waals surface area contributed by atoms with Crippen molar-refractivity contribution in [2.75, 3.05) is 116 Å². The third-order valence-electron chi connectivity index (χ3n) is 24.2. The van der Waals surface area contributed by atoms with Crippen LogP contribution in [0.3, 0.4) is 0 Å². The molecular formula is C94H116Cl4FN31O2. The normalized spacial score (nSPS) is 15.8. The smallest absolute Gasteiger partial charge is 0.233 e. The maximum atomic E-state index is 15.0. The first-order valence-corrected chi connectivity index (χ1v) is 46.1. The Bertz CT molecular complexity index is 6090. The maximum absolute atomic E-state index is 15.0. The largest absolute Gasteiger partial charge is 0.395 e. The first-order valence-electron chi connectivity index (χ1n) is 44.6. The molecule has 4 aliphatic heterocycles. The first-order chi connectivity index (χ1) is 63.6. The Kier molecular flexibility index (Phi) is 32.6. The molecule has 4 saturated heterocycles. The van der Waals surface area contributed by atoms with Gasteiger partial charge in [-0.2, -0.15) is 50.5 Å². The quantitative estimate of drug-likeness (QED) is 0.0239. The van der Waals surface area contributed by atoms with E-state index in [4.69, 9.17) is 51.5 Å². The number of aliphatic hydroxyl groups excluding tert-OH is 1. The summed E-state index contributed by atoms with van der Waals surface area (Å²) in [7, 11) is 3.91. The summed E-state index contributed by atoms with van der Waals surface area (Å²) in [6.07, 6.45) is 21.1. The summed E-state index contributed by atoms with van der Waals surface area (Å²) in [5.41, 5.74) is 21.5. The second kappa shape index (κ2) is 44.9. The molecular weight excluding hydrogens is 1760 g/mol. The van der Waals surface area contributed by atoms with Crippen molar-refractivity contribution >= 4 is 145 Å². The number of amides is 1. The van der Waals surface area contributed by atoms with Crippen molar-refractivity contribution in [3.8, 4) is 0 Å². The number of aromatic nitrogens is 18. The number of carbonyl (C=O) groups excluding carboxylic acids is 1. The predicted molar refractivity (Wildman–Crippen MR) is 523 cm³/mol. The molecule has 0 saturated carbocycles. The van der Waals surface area contributed by atoms with E-state index < -0.39 is 0 Å². The van der Waals surface area contributed by atoms with E-state index in [0.29, 0.717) is 121 Å². The average Bonchev–Trinajstić information content (AvgIpc) is 0.978. The number of halogens is 5. The van der Waals surface area contributed by atoms with Crippen LogP contribution in [0.15, 0.2) is 116 Å². The number of likely N-dealkylation sites (N-methyl/N-ethyl adjacent to an activating group) is 1. The molecule has 0 bridgehead atoms. The highest BCUT2D eigenvalue weighted by Gasteiger charge is 2.31. The van der Waals surface area contributed by atoms with Crippen LogP contribution in [0.25, 0.3) is 0 Å². The zero-order valence-electron chi connectivity index (χ0n) is 76.7. The van der Waals surface area contributed by atoms with Crippen molar-refractivity contribution in [2.45, 2.75) is 171 Å². The van der Waals surface area contributed by atoms with Crippen molar-refractivity contribution in [3.63, 3.8) is 0 Å². The summed E-state index contributed by atoms with van der Waals surface area (Å²) in [6, 6.07) is 27.0. The van der Waals surface area contributed by atoms with Gasteiger partial charge in [-0.05, 0) is 289 Å². The van der Waals surface area contributed by atoms with E-state index in [1.807, 2.05) is 71.1 Å². The average molecular weight is 1870 g/mol. The monoisotopic (exact) mass is 1870 g/mol. The van der Waals surface area contributed by atoms with Crippen LogP contribution in [-0.4, -0.2) is 195 Å². The molecule has 1 unspecified atom stereocenters. The van der Waals surface area contributed by atoms with Gasteiger partial charge in [-0.3, -0.25) is 39.9 Å². The summed E-state index contributed by atoms with van der Waals surface area (Å²) in [4.78, 5) is 56.8. The van der Waals surface area contributed by atoms with E-state index in [1.54, 1.807) is 44.0 Å². The maximum Gasteiger partial charge on any atom is 0.233 e. The number of H-pyrrole nitrogens is 4. The molecule has 0 radical (unpaired) electrons. The van der Waals surface area contributed by atoms with Gasteiger partial charge in [-0.25, -0.2) is 24.3 Å². The van der Waals surface area contributed by atoms with Crippen molar-refractivity contribution in [2.24, 2.45) is 0 Å². The topological polar surface area (TPSA) is 402 Å². The number of likely N-dealkylation sites (tertiary alicyclic amines) is 4. The molecule has 4 aliphatic rings. The highest BCUT2D eigenvalue weighted by Crippen LogP contribution is 2.41. The molecule has 33 nitrogen and oxygen atoms in total. The fraction of sp³-hybridized carbons (Fsp3) is 0.394. The molecule has 17 rings (SSSR count). The molecule has 13 heterocycles. The Morgan fingerprint density at radius 1 is 0.424 bits per heavy atom. The molecule has 4 fully saturated rings. The van der Waals surface area contributed by atoms with Crippen LogP contribution in [0.2, 0.25) is 20.1 Å². The fourth-order valence-corrected chi connectivity index (χ4v) is 17.8. The van der Waals surface area contributed by atoms with Gasteiger partial charge in [0.05, 0.1) is 49.8 Å². The minimum absolute atomic E-state index is 0.0499. The molecule has 2 atom stereocenters. The van der Waals surface area contributed by atoms with E-state index in [-0.39, 0.29) is 30.3 Å². The van der Waals surface area contributed by atoms with Gasteiger partial charge < -0.3 is 57.9 Å². The van der Waals surface area contributed by atoms with Gasteiger partial charge in [0.25, 0.3) is 0 Å². The molecule has 694 valence electrons. The Hall–Kier alpha value is -12.1. The molecule has 0 aliphatic carbocycles. The van der Waals surface area contributed by atoms with E-state index in [9.17, 15) is 9.18 Å². The number of aliphatic hydroxyl groups is 1. The molecule has 132 heavy (non-hydrogen) atoms. The summed E-state index contributed by atoms with van der Waals surface area (Å²) < 4.78 is 15.0. The number of piperidine rings is 4. The van der Waals surface area contributed by atoms with Crippen LogP contribution in [0.5, 0.6) is 0 Å². The van der Waals surface area contributed by atoms with Gasteiger partial charge in [0.15, 0.2) is 46.5 Å². The Morgan fingerprint density at radius 2 is 0.795 bits per heavy atom. The predicted octanol–water partition coefficient (Wildman–Crippen LogP) is 19.7. The fourth-order valence-electron chi connectivity index (χ4n) is 17.2. The number of benzene rings is 4. The number of nitrogens with one attached hydrogen (secondary N) is 13. The number of β-amino-alcohol motifs (C(OH)–C–C–N with tert-alkyl or cyclic N) is 1. The van der Waals surface area contributed by atoms with E-state index in [2.05, 4.69) is 243 Å². The van der Waals surface area contributed by atoms with Crippen LogP contribution >= 0.6 is 46.4 Å². The molecule has 13 aromatic rings. The highest BCUT2D eigenvalue weighted by atomic mass is 35.5. The standard InChI is InChI=1S/C26H30ClN9.C24H31ClN8O.C22H27ClFN7O.C22H28ClN7/c1-16-11-23(31-26-28-14-22(27)25(33-26)32-24-12-18(3)34-35-24)17(2)10-21(16)20-5-8-36(9-6-20)15-19-4-7-29-30-13-19;1-14-10-19(15(2)9-17(14)20-7-5-6-8-33(20)13-22(34)26-4)28-24-27-12-18(25)23(30-24)29-21-11-16(3)31-32-21;1-13-9-19(18(24)11-16(13)15-3-5-31(6-4-15)7-8-32)26-22-25-12-17(23)21(28-22)27-20-10-14(2)29-30-20;1-13-10-18(14(2)9-16(13)19-7-5-6-8-30(19)4)25-22-24-12-17(23)21(27-22)26-20-11-15(3)28-29-20/h4,7,10-14,20H,5-6,8-9,15H2,1-3H3,(H3,28,31,32,33,34,35);9-12,20H,5-8,13H2,1-4H3,(H,26,34)(H3,27,28,29,30,31,32);9-12,15,32H,3-8H2,1-2H3,(H3,25,26,27,28,29,30);9-12,19H,5-8H2,1-4H3,(H3,24,25,26,27,28,29)/t;;;19-/m...0/s1. The third-order valence-corrected chi connectivity index (χ3v) is 25.3. The van der Waals surface area contributed by atoms with Crippen LogP contribution in [-0.2, 0) is 11.3 Å². The van der Waals surface area contributed by atoms with Crippen LogP contribution in [0.4, 0.5) is 97.5 Å². The van der Waals surface area contributed by atoms with E-state index in [0.717, 1.165) is 153 Å². The number of hydrogen-bond acceptors (Lipinski definition) is 28. The van der Waals surface area contributed by atoms with Gasteiger partial charge in [-0.1, -0.05) is 77.4 Å². The van der Waals surface area contributed by atoms with Gasteiger partial charge >= 0.3 is 0 Å². The van der Waals surface area contributed by atoms with Crippen molar-refractivity contribution < 1.29 is 14.3 Å². The Labute approximate surface area is 788 Å². The third kappa shape index (κ3) is 25.6. The minimum atomic E-state index is -0.348. The number of hydrogen-bond donors (Lipinski definition) is 14. The zero-order valence-corrected chi connectivity index (χ0v) is 79.7. The first kappa shape index (κ1) is 96.0. The summed E-state index contributed by atoms with van der Waals surface area (Å²) in [5.74, 6) is 6.58. The van der Waals surface area contributed by atoms with Gasteiger partial charge in [-0.15, -0.1) is 0 Å². The number of nitrogens with zero attached hydrogens (tertiary/aromatic N) is 18. The molecule has 0 spiro atoms. The van der Waals surface area contributed by atoms with Gasteiger partial charge in [0.1, 0.15) is 25.9 Å². The molecule has 4 aromatic carbocycles. The Morgan fingerprint density at radius 3 is 1.18 bits per heavy atom. The number of aryl methyl sites for hydroxylation is 11. The van der Waals surface area contributed by atoms with Crippen molar-refractivity contribution in [1.82, 2.24) is 116 Å². The lowest BCUT2D eigenvalue weighted by Gasteiger charge is -2.36. The second-order valence-electron chi connectivity index (χ2n) is 34.4. The van der Waals surface area contributed by atoms with Gasteiger partial charge in [0.2, 0.25) is 29.7 Å². The van der Waals surface area contributed by atoms with Crippen LogP contribution in [0.1, 0.15) is 178 Å². The van der Waals surface area contributed by atoms with Gasteiger partial charge in [0, 0.05) is 103 Å². The zero-order chi connectivity index (χ0) is 93.2. The number of rotatable bonds is 26. The van der Waals surface area contributed by atoms with Crippen molar-refractivity contribution in [3.05, 3.63) is 231 Å². The number of aromatic amines is 4. The SMILES string of the molecule is CNC(=O)CN1CCCCC1c1cc(C)c(Nc2ncc(Cl)c(Nc3cc(C)[nH]n3)n2)cc1C.Cc1cc(Nc2nc(Nc3cc(C)c(C4CCN(CCO)CC4)cc3F)ncc2Cl)n[nH]1.Cc1cc(Nc2nc(Nc3cc(C)c(C4CCN(Cc5ccnnc5)CC4)cc3C)ncc2Cl)n[nH]1.Cc1cc(Nc2nc(Nc3cc(C)c([C@@H]4CCCCN4C)cc3C)ncc2Cl)n[nH]1. The molecule has 1 amide bonds. The molecule has 14 N–H and O–H groups in total. The van der Waals surface area contributed by atoms with E-state index in [1.165, 1.54) is 70.0 Å². The lowest BCUT2D eigenvalue weighted by atomic mass is 9.85. The van der Waals surface area contributed by atoms with Crippen LogP contribution < -0.4 is 47.9 Å². The van der Waals surface area contributed by atoms with Crippen molar-refractivity contribution in [1.29, 1.82) is 0 Å². The minimum Gasteiger partial charge on any atom is -0.395 e. The van der Waals surface area contributed by atoms with Crippen LogP contribution in [0, 0.1) is 82.0 Å². The second-order valence-corrected chi connectivity index (χ2v) is 36.0. The molecule has 9 aromatic heterocycles. The Balaban J connectivity index is 0.000000142. The summed E-state index contributed by atoms with van der Waals surface area (Å²) >= 11 is 25.1. The van der Waals surface area contributed by atoms with E-state index >= 15 is 0 Å². The lowest BCUT2D eigenvalue weighted by molar-refractivity contribution is -0.122. The number of anilines is 16. The summed E-state index contributed by atoms with van der Waals surface area (Å²) in [5, 5.41) is 74.9. The lowest BCUT2D eigenvalue weighted by Crippen LogP contribution is -2.40. The molecule has 38 heteroatoms. The summed E-state index contributed by atoms with van der Waals surface area (Å²) in [6.45, 7) is 30.8.